The molecule has 0 radical (unpaired) electrons. The van der Waals surface area contributed by atoms with Crippen molar-refractivity contribution in [2.45, 2.75) is 19.4 Å². The van der Waals surface area contributed by atoms with E-state index in [0.717, 1.165) is 0 Å². The maximum atomic E-state index is 11.8. The van der Waals surface area contributed by atoms with Crippen LogP contribution in [-0.4, -0.2) is 21.9 Å². The van der Waals surface area contributed by atoms with Gasteiger partial charge in [-0.3, -0.25) is 19.5 Å². The van der Waals surface area contributed by atoms with Crippen molar-refractivity contribution in [2.75, 3.05) is 6.54 Å². The summed E-state index contributed by atoms with van der Waals surface area (Å²) in [7, 11) is 0. The third-order valence-electron chi connectivity index (χ3n) is 3.04. The lowest BCUT2D eigenvalue weighted by molar-refractivity contribution is -0.384. The summed E-state index contributed by atoms with van der Waals surface area (Å²) < 4.78 is 6.33. The lowest BCUT2D eigenvalue weighted by Gasteiger charge is -2.03. The highest BCUT2D eigenvalue weighted by molar-refractivity contribution is 5.76. The zero-order chi connectivity index (χ0) is 16.1. The second-order valence-electron chi connectivity index (χ2n) is 4.51. The molecule has 0 bridgehead atoms. The Morgan fingerprint density at radius 3 is 2.95 bits per heavy atom. The minimum atomic E-state index is -0.612. The molecule has 1 aromatic heterocycles. The largest absolute Gasteiger partial charge is 0.419 e. The molecule has 8 nitrogen and oxygen atoms in total. The molecule has 0 aliphatic heterocycles. The van der Waals surface area contributed by atoms with E-state index < -0.39 is 10.7 Å². The van der Waals surface area contributed by atoms with Gasteiger partial charge in [-0.15, -0.1) is 6.42 Å². The van der Waals surface area contributed by atoms with Gasteiger partial charge in [-0.1, -0.05) is 5.92 Å². The number of benzene rings is 1. The Balaban J connectivity index is 2.10. The number of nitrogens with one attached hydrogen (secondary N) is 1. The maximum Gasteiger partial charge on any atom is 0.419 e. The van der Waals surface area contributed by atoms with Gasteiger partial charge in [0.05, 0.1) is 23.1 Å². The minimum Gasteiger partial charge on any atom is -0.407 e. The van der Waals surface area contributed by atoms with Crippen molar-refractivity contribution >= 4 is 22.7 Å². The number of fused-ring (bicyclic) bond motifs is 1. The summed E-state index contributed by atoms with van der Waals surface area (Å²) in [4.78, 5) is 33.3. The van der Waals surface area contributed by atoms with Crippen LogP contribution < -0.4 is 11.1 Å². The Morgan fingerprint density at radius 1 is 1.50 bits per heavy atom. The van der Waals surface area contributed by atoms with E-state index in [9.17, 15) is 19.7 Å². The molecule has 2 rings (SSSR count). The summed E-state index contributed by atoms with van der Waals surface area (Å²) >= 11 is 0. The lowest BCUT2D eigenvalue weighted by atomic mass is 10.2. The van der Waals surface area contributed by atoms with Crippen LogP contribution >= 0.6 is 0 Å². The van der Waals surface area contributed by atoms with Gasteiger partial charge in [0.15, 0.2) is 5.58 Å². The molecule has 0 aliphatic rings. The molecule has 1 N–H and O–H groups in total. The van der Waals surface area contributed by atoms with E-state index in [4.69, 9.17) is 10.8 Å². The third kappa shape index (κ3) is 3.32. The molecule has 114 valence electrons. The number of rotatable bonds is 6. The Kier molecular flexibility index (Phi) is 4.58. The van der Waals surface area contributed by atoms with E-state index in [1.54, 1.807) is 0 Å². The summed E-state index contributed by atoms with van der Waals surface area (Å²) in [5, 5.41) is 13.2. The minimum absolute atomic E-state index is 0.149. The predicted octanol–water partition coefficient (Wildman–Crippen LogP) is 1.03. The molecule has 0 fully saturated rings. The number of aryl methyl sites for hydroxylation is 1. The summed E-state index contributed by atoms with van der Waals surface area (Å²) in [6.45, 7) is 0.435. The quantitative estimate of drug-likeness (QED) is 0.487. The van der Waals surface area contributed by atoms with E-state index in [1.807, 2.05) is 0 Å². The second-order valence-corrected chi connectivity index (χ2v) is 4.51. The van der Waals surface area contributed by atoms with Gasteiger partial charge in [0.1, 0.15) is 0 Å². The number of nitro benzene ring substituents is 1. The Hall–Kier alpha value is -3.08. The third-order valence-corrected chi connectivity index (χ3v) is 3.04. The number of hydrogen-bond acceptors (Lipinski definition) is 5. The van der Waals surface area contributed by atoms with Crippen molar-refractivity contribution in [3.63, 3.8) is 0 Å². The van der Waals surface area contributed by atoms with Crippen molar-refractivity contribution in [3.8, 4) is 12.3 Å². The van der Waals surface area contributed by atoms with Crippen LogP contribution in [0, 0.1) is 22.5 Å². The topological polar surface area (TPSA) is 107 Å². The number of carbonyl (C=O) groups is 1. The molecule has 0 spiro atoms. The van der Waals surface area contributed by atoms with Crippen LogP contribution in [-0.2, 0) is 11.3 Å². The van der Waals surface area contributed by atoms with Gasteiger partial charge in [-0.25, -0.2) is 4.79 Å². The van der Waals surface area contributed by atoms with Gasteiger partial charge in [0, 0.05) is 19.0 Å². The molecule has 0 saturated heterocycles. The highest BCUT2D eigenvalue weighted by Gasteiger charge is 2.14. The van der Waals surface area contributed by atoms with Crippen molar-refractivity contribution in [2.24, 2.45) is 0 Å². The first-order valence-corrected chi connectivity index (χ1v) is 6.51. The normalized spacial score (nSPS) is 10.3. The second kappa shape index (κ2) is 6.58. The van der Waals surface area contributed by atoms with Gasteiger partial charge in [-0.2, -0.15) is 0 Å². The van der Waals surface area contributed by atoms with E-state index >= 15 is 0 Å². The number of terminal acetylenes is 1. The zero-order valence-corrected chi connectivity index (χ0v) is 11.6. The monoisotopic (exact) mass is 303 g/mol. The van der Waals surface area contributed by atoms with E-state index in [-0.39, 0.29) is 36.7 Å². The molecule has 1 heterocycles. The van der Waals surface area contributed by atoms with E-state index in [0.29, 0.717) is 11.9 Å². The maximum absolute atomic E-state index is 11.8. The predicted molar refractivity (Wildman–Crippen MR) is 78.2 cm³/mol. The summed E-state index contributed by atoms with van der Waals surface area (Å²) in [6, 6.07) is 3.96. The average Bonchev–Trinajstić information content (AvgIpc) is 2.80. The fourth-order valence-electron chi connectivity index (χ4n) is 2.02. The van der Waals surface area contributed by atoms with E-state index in [2.05, 4.69) is 11.2 Å². The number of aromatic nitrogens is 1. The Bertz CT molecular complexity index is 812. The van der Waals surface area contributed by atoms with Crippen LogP contribution in [0.5, 0.6) is 0 Å². The standard InChI is InChI=1S/C14H13N3O5/c1-2-7-15-13(18)4-3-8-16-11-6-5-10(17(20)21)9-12(11)22-14(16)19/h1,5-6,9H,3-4,7-8H2,(H,15,18). The van der Waals surface area contributed by atoms with Crippen LogP contribution in [0.1, 0.15) is 12.8 Å². The van der Waals surface area contributed by atoms with Gasteiger partial charge in [-0.05, 0) is 12.5 Å². The first-order chi connectivity index (χ1) is 10.5. The van der Waals surface area contributed by atoms with Crippen molar-refractivity contribution in [1.29, 1.82) is 0 Å². The van der Waals surface area contributed by atoms with Crippen molar-refractivity contribution < 1.29 is 14.1 Å². The van der Waals surface area contributed by atoms with Crippen LogP contribution in [0.3, 0.4) is 0 Å². The average molecular weight is 303 g/mol. The number of nitro groups is 1. The molecule has 0 aliphatic carbocycles. The van der Waals surface area contributed by atoms with E-state index in [1.165, 1.54) is 22.8 Å². The first kappa shape index (κ1) is 15.3. The first-order valence-electron chi connectivity index (χ1n) is 6.51. The molecule has 22 heavy (non-hydrogen) atoms. The van der Waals surface area contributed by atoms with Gasteiger partial charge in [0.25, 0.3) is 5.69 Å². The van der Waals surface area contributed by atoms with Crippen molar-refractivity contribution in [3.05, 3.63) is 38.9 Å². The smallest absolute Gasteiger partial charge is 0.407 e. The number of amides is 1. The summed E-state index contributed by atoms with van der Waals surface area (Å²) in [5.41, 5.74) is 0.456. The number of non-ortho nitro benzene ring substituents is 1. The summed E-state index contributed by atoms with van der Waals surface area (Å²) in [5.74, 6) is 1.48. The highest BCUT2D eigenvalue weighted by Crippen LogP contribution is 2.20. The number of hydrogen-bond donors (Lipinski definition) is 1. The Morgan fingerprint density at radius 2 is 2.27 bits per heavy atom. The van der Waals surface area contributed by atoms with Crippen molar-refractivity contribution in [1.82, 2.24) is 9.88 Å². The zero-order valence-electron chi connectivity index (χ0n) is 11.6. The SMILES string of the molecule is C#CCNC(=O)CCCn1c(=O)oc2cc([N+](=O)[O-])ccc21. The van der Waals surface area contributed by atoms with Gasteiger partial charge in [0.2, 0.25) is 5.91 Å². The van der Waals surface area contributed by atoms with Crippen LogP contribution in [0.4, 0.5) is 5.69 Å². The molecule has 0 saturated carbocycles. The van der Waals surface area contributed by atoms with Gasteiger partial charge >= 0.3 is 5.76 Å². The molecule has 1 amide bonds. The van der Waals surface area contributed by atoms with Gasteiger partial charge < -0.3 is 9.73 Å². The number of carbonyl (C=O) groups excluding carboxylic acids is 1. The molecule has 2 aromatic rings. The fourth-order valence-corrected chi connectivity index (χ4v) is 2.02. The number of oxazole rings is 1. The molecule has 0 unspecified atom stereocenters. The lowest BCUT2D eigenvalue weighted by Crippen LogP contribution is -2.24. The van der Waals surface area contributed by atoms with Crippen LogP contribution in [0.2, 0.25) is 0 Å². The molecular weight excluding hydrogens is 290 g/mol. The fraction of sp³-hybridized carbons (Fsp3) is 0.286. The molecule has 1 aromatic carbocycles. The molecular formula is C14H13N3O5. The molecule has 0 atom stereocenters. The van der Waals surface area contributed by atoms with Crippen LogP contribution in [0.25, 0.3) is 11.1 Å². The highest BCUT2D eigenvalue weighted by atomic mass is 16.6. The Labute approximate surface area is 124 Å². The number of nitrogens with zero attached hydrogens (tertiary/aromatic N) is 2. The molecule has 8 heteroatoms. The van der Waals surface area contributed by atoms with Crippen LogP contribution in [0.15, 0.2) is 27.4 Å². The summed E-state index contributed by atoms with van der Waals surface area (Å²) in [6.07, 6.45) is 5.66.